The molecule has 0 spiro atoms. The van der Waals surface area contributed by atoms with E-state index in [4.69, 9.17) is 17.2 Å². The normalized spacial score (nSPS) is 43.7. The summed E-state index contributed by atoms with van der Waals surface area (Å²) in [5.41, 5.74) is 17.5. The molecule has 1 saturated carbocycles. The largest absolute Gasteiger partial charge is 0.384 e. The fourth-order valence-electron chi connectivity index (χ4n) is 2.52. The third kappa shape index (κ3) is 2.20. The topological polar surface area (TPSA) is 102 Å². The van der Waals surface area contributed by atoms with Gasteiger partial charge < -0.3 is 22.5 Å². The number of aliphatic imine (C=N–C) groups is 1. The molecule has 1 fully saturated rings. The van der Waals surface area contributed by atoms with Gasteiger partial charge in [-0.3, -0.25) is 4.99 Å². The summed E-state index contributed by atoms with van der Waals surface area (Å²) in [4.78, 5) is 4.09. The van der Waals surface area contributed by atoms with E-state index < -0.39 is 5.66 Å². The van der Waals surface area contributed by atoms with Gasteiger partial charge in [0.2, 0.25) is 0 Å². The molecule has 2 aliphatic rings. The van der Waals surface area contributed by atoms with E-state index in [0.29, 0.717) is 11.7 Å². The van der Waals surface area contributed by atoms with Gasteiger partial charge >= 0.3 is 0 Å². The Kier molecular flexibility index (Phi) is 2.67. The van der Waals surface area contributed by atoms with E-state index in [0.717, 1.165) is 25.7 Å². The Morgan fingerprint density at radius 1 is 1.38 bits per heavy atom. The molecule has 0 aromatic carbocycles. The van der Waals surface area contributed by atoms with Gasteiger partial charge in [-0.05, 0) is 32.6 Å². The number of hydrogen-bond acceptors (Lipinski definition) is 5. The van der Waals surface area contributed by atoms with Gasteiger partial charge in [0.05, 0.1) is 6.20 Å². The molecule has 1 heterocycles. The first kappa shape index (κ1) is 11.4. The van der Waals surface area contributed by atoms with E-state index in [-0.39, 0.29) is 5.54 Å². The van der Waals surface area contributed by atoms with Gasteiger partial charge in [0.25, 0.3) is 0 Å². The molecule has 0 aromatic rings. The van der Waals surface area contributed by atoms with E-state index in [1.807, 2.05) is 0 Å². The van der Waals surface area contributed by atoms with Crippen LogP contribution in [0.4, 0.5) is 0 Å². The second-order valence-corrected chi connectivity index (χ2v) is 5.35. The van der Waals surface area contributed by atoms with Crippen LogP contribution in [-0.2, 0) is 0 Å². The maximum atomic E-state index is 6.29. The fourth-order valence-corrected chi connectivity index (χ4v) is 2.52. The van der Waals surface area contributed by atoms with Crippen LogP contribution in [0.25, 0.3) is 0 Å². The van der Waals surface area contributed by atoms with Crippen LogP contribution in [0, 0.1) is 5.92 Å². The predicted molar refractivity (Wildman–Crippen MR) is 65.4 cm³/mol. The van der Waals surface area contributed by atoms with Crippen molar-refractivity contribution in [3.05, 3.63) is 12.0 Å². The summed E-state index contributed by atoms with van der Waals surface area (Å²) >= 11 is 0. The monoisotopic (exact) mass is 223 g/mol. The molecule has 90 valence electrons. The second-order valence-electron chi connectivity index (χ2n) is 5.35. The quantitative estimate of drug-likeness (QED) is 0.501. The summed E-state index contributed by atoms with van der Waals surface area (Å²) in [6.07, 6.45) is 7.35. The lowest BCUT2D eigenvalue weighted by atomic mass is 9.73. The summed E-state index contributed by atoms with van der Waals surface area (Å²) in [7, 11) is 0. The van der Waals surface area contributed by atoms with Crippen molar-refractivity contribution in [2.75, 3.05) is 0 Å². The van der Waals surface area contributed by atoms with Crippen LogP contribution in [0.15, 0.2) is 17.0 Å². The molecule has 5 nitrogen and oxygen atoms in total. The molecule has 1 atom stereocenters. The molecule has 2 rings (SSSR count). The van der Waals surface area contributed by atoms with Crippen LogP contribution in [0.1, 0.15) is 32.6 Å². The first-order valence-electron chi connectivity index (χ1n) is 5.77. The molecule has 16 heavy (non-hydrogen) atoms. The Hall–Kier alpha value is -1.07. The highest BCUT2D eigenvalue weighted by molar-refractivity contribution is 5.72. The summed E-state index contributed by atoms with van der Waals surface area (Å²) < 4.78 is 0. The first-order chi connectivity index (χ1) is 7.41. The van der Waals surface area contributed by atoms with Gasteiger partial charge in [-0.1, -0.05) is 0 Å². The zero-order valence-electron chi connectivity index (χ0n) is 9.74. The van der Waals surface area contributed by atoms with E-state index in [1.54, 1.807) is 12.4 Å². The Morgan fingerprint density at radius 3 is 2.56 bits per heavy atom. The Morgan fingerprint density at radius 2 is 2.00 bits per heavy atom. The molecule has 5 heteroatoms. The number of rotatable bonds is 1. The molecule has 0 aromatic heterocycles. The van der Waals surface area contributed by atoms with Crippen LogP contribution in [-0.4, -0.2) is 17.4 Å². The molecule has 7 N–H and O–H groups in total. The zero-order valence-corrected chi connectivity index (χ0v) is 9.74. The molecule has 1 aliphatic heterocycles. The van der Waals surface area contributed by atoms with Crippen molar-refractivity contribution >= 4 is 6.21 Å². The minimum atomic E-state index is -0.602. The molecule has 0 amide bonds. The highest BCUT2D eigenvalue weighted by Crippen LogP contribution is 2.34. The van der Waals surface area contributed by atoms with Crippen LogP contribution in [0.3, 0.4) is 0 Å². The van der Waals surface area contributed by atoms with E-state index in [9.17, 15) is 0 Å². The zero-order chi connectivity index (χ0) is 11.8. The van der Waals surface area contributed by atoms with Crippen LogP contribution < -0.4 is 22.5 Å². The second kappa shape index (κ2) is 3.75. The van der Waals surface area contributed by atoms with Gasteiger partial charge in [-0.2, -0.15) is 0 Å². The standard InChI is InChI=1S/C11H21N5/c1-10(13)4-2-8(3-5-10)11(14)7-15-6-9(12)16-11/h6-8,16H,2-5,12-14H2,1H3. The van der Waals surface area contributed by atoms with Crippen molar-refractivity contribution in [1.82, 2.24) is 5.32 Å². The summed E-state index contributed by atoms with van der Waals surface area (Å²) in [5.74, 6) is 0.881. The molecule has 0 bridgehead atoms. The van der Waals surface area contributed by atoms with Gasteiger partial charge in [0.15, 0.2) is 0 Å². The van der Waals surface area contributed by atoms with Gasteiger partial charge in [0.1, 0.15) is 11.5 Å². The Balaban J connectivity index is 2.04. The highest BCUT2D eigenvalue weighted by atomic mass is 15.2. The van der Waals surface area contributed by atoms with Gasteiger partial charge in [0, 0.05) is 17.7 Å². The summed E-state index contributed by atoms with van der Waals surface area (Å²) in [6, 6.07) is 0. The summed E-state index contributed by atoms with van der Waals surface area (Å²) in [5, 5.41) is 3.12. The number of nitrogens with one attached hydrogen (secondary N) is 1. The SMILES string of the molecule is CC1(N)CCC(C2(N)C=NC=C(N)N2)CC1. The van der Waals surface area contributed by atoms with Crippen molar-refractivity contribution in [2.45, 2.75) is 43.8 Å². The third-order valence-electron chi connectivity index (χ3n) is 3.67. The molecule has 0 saturated heterocycles. The predicted octanol–water partition coefficient (Wildman–Crippen LogP) is -0.0194. The van der Waals surface area contributed by atoms with E-state index in [1.165, 1.54) is 0 Å². The smallest absolute Gasteiger partial charge is 0.126 e. The van der Waals surface area contributed by atoms with Crippen molar-refractivity contribution < 1.29 is 0 Å². The van der Waals surface area contributed by atoms with Gasteiger partial charge in [-0.25, -0.2) is 0 Å². The van der Waals surface area contributed by atoms with Crippen molar-refractivity contribution in [1.29, 1.82) is 0 Å². The van der Waals surface area contributed by atoms with Crippen LogP contribution in [0.2, 0.25) is 0 Å². The third-order valence-corrected chi connectivity index (χ3v) is 3.67. The first-order valence-corrected chi connectivity index (χ1v) is 5.77. The Labute approximate surface area is 96.2 Å². The molecule has 0 radical (unpaired) electrons. The lowest BCUT2D eigenvalue weighted by Crippen LogP contribution is -2.63. The maximum Gasteiger partial charge on any atom is 0.126 e. The van der Waals surface area contributed by atoms with Crippen molar-refractivity contribution in [3.8, 4) is 0 Å². The Bertz CT molecular complexity index is 323. The molecule has 1 unspecified atom stereocenters. The lowest BCUT2D eigenvalue weighted by molar-refractivity contribution is 0.187. The van der Waals surface area contributed by atoms with Crippen molar-refractivity contribution in [2.24, 2.45) is 28.1 Å². The average Bonchev–Trinajstić information content (AvgIpc) is 2.16. The summed E-state index contributed by atoms with van der Waals surface area (Å²) in [6.45, 7) is 2.10. The molecular weight excluding hydrogens is 202 g/mol. The molecular formula is C11H21N5. The number of nitrogens with two attached hydrogens (primary N) is 3. The average molecular weight is 223 g/mol. The van der Waals surface area contributed by atoms with Crippen LogP contribution >= 0.6 is 0 Å². The maximum absolute atomic E-state index is 6.29. The highest BCUT2D eigenvalue weighted by Gasteiger charge is 2.39. The number of nitrogens with zero attached hydrogens (tertiary/aromatic N) is 1. The minimum Gasteiger partial charge on any atom is -0.384 e. The van der Waals surface area contributed by atoms with E-state index in [2.05, 4.69) is 17.2 Å². The molecule has 1 aliphatic carbocycles. The fraction of sp³-hybridized carbons (Fsp3) is 0.727. The van der Waals surface area contributed by atoms with Gasteiger partial charge in [-0.15, -0.1) is 0 Å². The van der Waals surface area contributed by atoms with Crippen LogP contribution in [0.5, 0.6) is 0 Å². The lowest BCUT2D eigenvalue weighted by Gasteiger charge is -2.43. The van der Waals surface area contributed by atoms with Crippen molar-refractivity contribution in [3.63, 3.8) is 0 Å². The van der Waals surface area contributed by atoms with E-state index >= 15 is 0 Å². The minimum absolute atomic E-state index is 0.0416. The number of hydrogen-bond donors (Lipinski definition) is 4.